The zero-order valence-corrected chi connectivity index (χ0v) is 17.0. The van der Waals surface area contributed by atoms with Crippen LogP contribution >= 0.6 is 15.9 Å². The normalized spacial score (nSPS) is 15.3. The molecule has 0 bridgehead atoms. The predicted molar refractivity (Wildman–Crippen MR) is 105 cm³/mol. The third kappa shape index (κ3) is 4.49. The minimum absolute atomic E-state index is 0.0129. The number of rotatable bonds is 5. The van der Waals surface area contributed by atoms with Crippen molar-refractivity contribution in [1.29, 1.82) is 0 Å². The van der Waals surface area contributed by atoms with E-state index in [1.165, 1.54) is 23.5 Å². The van der Waals surface area contributed by atoms with Gasteiger partial charge in [0.2, 0.25) is 10.0 Å². The topological polar surface area (TPSA) is 84.9 Å². The molecule has 1 N–H and O–H groups in total. The van der Waals surface area contributed by atoms with Crippen molar-refractivity contribution >= 4 is 37.5 Å². The third-order valence-corrected chi connectivity index (χ3v) is 6.51. The average Bonchev–Trinajstić information content (AvgIpc) is 2.68. The number of anilines is 1. The molecule has 9 heteroatoms. The summed E-state index contributed by atoms with van der Waals surface area (Å²) in [5.74, 6) is -0.113. The number of morpholine rings is 1. The SMILES string of the molecule is COc1ccc(NC(=O)c2cccc(Br)c2)cc1S(=O)(=O)N1CCOCC1. The number of methoxy groups -OCH3 is 1. The van der Waals surface area contributed by atoms with E-state index in [-0.39, 0.29) is 29.6 Å². The van der Waals surface area contributed by atoms with Crippen LogP contribution in [0.2, 0.25) is 0 Å². The molecule has 27 heavy (non-hydrogen) atoms. The van der Waals surface area contributed by atoms with Gasteiger partial charge in [-0.1, -0.05) is 22.0 Å². The molecular formula is C18H19BrN2O5S. The second kappa shape index (κ2) is 8.39. The van der Waals surface area contributed by atoms with Crippen molar-refractivity contribution in [3.8, 4) is 5.75 Å². The summed E-state index contributed by atoms with van der Waals surface area (Å²) in [7, 11) is -2.35. The van der Waals surface area contributed by atoms with Gasteiger partial charge in [0.25, 0.3) is 5.91 Å². The van der Waals surface area contributed by atoms with Gasteiger partial charge in [0.05, 0.1) is 20.3 Å². The largest absolute Gasteiger partial charge is 0.495 e. The van der Waals surface area contributed by atoms with E-state index in [1.807, 2.05) is 6.07 Å². The average molecular weight is 455 g/mol. The Labute approximate surface area is 166 Å². The van der Waals surface area contributed by atoms with Crippen LogP contribution in [0.1, 0.15) is 10.4 Å². The number of amides is 1. The lowest BCUT2D eigenvalue weighted by Gasteiger charge is -2.26. The lowest BCUT2D eigenvalue weighted by molar-refractivity contribution is 0.0729. The standard InChI is InChI=1S/C18H19BrN2O5S/c1-25-16-6-5-15(20-18(22)13-3-2-4-14(19)11-13)12-17(16)27(23,24)21-7-9-26-10-8-21/h2-6,11-12H,7-10H2,1H3,(H,20,22). The van der Waals surface area contributed by atoms with E-state index < -0.39 is 10.0 Å². The molecule has 0 atom stereocenters. The Bertz CT molecular complexity index is 943. The van der Waals surface area contributed by atoms with E-state index in [2.05, 4.69) is 21.2 Å². The number of carbonyl (C=O) groups is 1. The van der Waals surface area contributed by atoms with Crippen molar-refractivity contribution in [3.05, 3.63) is 52.5 Å². The zero-order chi connectivity index (χ0) is 19.4. The number of hydrogen-bond acceptors (Lipinski definition) is 5. The van der Waals surface area contributed by atoms with Crippen LogP contribution < -0.4 is 10.1 Å². The first-order chi connectivity index (χ1) is 12.9. The summed E-state index contributed by atoms with van der Waals surface area (Å²) in [5, 5.41) is 2.73. The van der Waals surface area contributed by atoms with Gasteiger partial charge < -0.3 is 14.8 Å². The Balaban J connectivity index is 1.90. The van der Waals surface area contributed by atoms with Crippen molar-refractivity contribution in [3.63, 3.8) is 0 Å². The summed E-state index contributed by atoms with van der Waals surface area (Å²) in [6, 6.07) is 11.5. The second-order valence-corrected chi connectivity index (χ2v) is 8.67. The zero-order valence-electron chi connectivity index (χ0n) is 14.6. The predicted octanol–water partition coefficient (Wildman–Crippen LogP) is 2.73. The molecule has 0 spiro atoms. The van der Waals surface area contributed by atoms with Crippen LogP contribution in [0.5, 0.6) is 5.75 Å². The first-order valence-corrected chi connectivity index (χ1v) is 10.5. The first-order valence-electron chi connectivity index (χ1n) is 8.24. The summed E-state index contributed by atoms with van der Waals surface area (Å²) in [6.45, 7) is 1.25. The molecule has 0 saturated carbocycles. The smallest absolute Gasteiger partial charge is 0.255 e. The number of carbonyl (C=O) groups excluding carboxylic acids is 1. The summed E-state index contributed by atoms with van der Waals surface area (Å²) >= 11 is 3.32. The van der Waals surface area contributed by atoms with Gasteiger partial charge in [0.15, 0.2) is 0 Å². The summed E-state index contributed by atoms with van der Waals surface area (Å²) in [4.78, 5) is 12.5. The lowest BCUT2D eigenvalue weighted by atomic mass is 10.2. The first kappa shape index (κ1) is 19.8. The maximum Gasteiger partial charge on any atom is 0.255 e. The van der Waals surface area contributed by atoms with Crippen molar-refractivity contribution in [2.75, 3.05) is 38.7 Å². The molecule has 1 fully saturated rings. The molecule has 144 valence electrons. The molecule has 1 heterocycles. The molecule has 0 radical (unpaired) electrons. The molecule has 2 aromatic rings. The van der Waals surface area contributed by atoms with Crippen molar-refractivity contribution in [1.82, 2.24) is 4.31 Å². The number of ether oxygens (including phenoxy) is 2. The van der Waals surface area contributed by atoms with Crippen LogP contribution in [0.3, 0.4) is 0 Å². The van der Waals surface area contributed by atoms with Crippen LogP contribution in [0, 0.1) is 0 Å². The third-order valence-electron chi connectivity index (χ3n) is 4.10. The number of hydrogen-bond donors (Lipinski definition) is 1. The molecule has 3 rings (SSSR count). The molecule has 1 amide bonds. The Hall–Kier alpha value is -1.94. The molecule has 2 aromatic carbocycles. The number of nitrogens with one attached hydrogen (secondary N) is 1. The van der Waals surface area contributed by atoms with Gasteiger partial charge in [-0.2, -0.15) is 4.31 Å². The highest BCUT2D eigenvalue weighted by Crippen LogP contribution is 2.30. The highest BCUT2D eigenvalue weighted by molar-refractivity contribution is 9.10. The molecule has 1 saturated heterocycles. The fourth-order valence-corrected chi connectivity index (χ4v) is 4.70. The van der Waals surface area contributed by atoms with Crippen molar-refractivity contribution in [2.45, 2.75) is 4.90 Å². The van der Waals surface area contributed by atoms with E-state index in [4.69, 9.17) is 9.47 Å². The minimum atomic E-state index is -3.76. The van der Waals surface area contributed by atoms with E-state index >= 15 is 0 Å². The molecule has 7 nitrogen and oxygen atoms in total. The summed E-state index contributed by atoms with van der Waals surface area (Å²) in [6.07, 6.45) is 0. The Morgan fingerprint density at radius 3 is 2.59 bits per heavy atom. The van der Waals surface area contributed by atoms with Crippen LogP contribution in [0.15, 0.2) is 51.8 Å². The number of nitrogens with zero attached hydrogens (tertiary/aromatic N) is 1. The molecular weight excluding hydrogens is 436 g/mol. The number of sulfonamides is 1. The van der Waals surface area contributed by atoms with Gasteiger partial charge in [0.1, 0.15) is 10.6 Å². The van der Waals surface area contributed by atoms with E-state index in [0.717, 1.165) is 4.47 Å². The van der Waals surface area contributed by atoms with Gasteiger partial charge in [0, 0.05) is 28.8 Å². The molecule has 0 aromatic heterocycles. The fraction of sp³-hybridized carbons (Fsp3) is 0.278. The Morgan fingerprint density at radius 2 is 1.93 bits per heavy atom. The van der Waals surface area contributed by atoms with Crippen LogP contribution in [-0.4, -0.2) is 52.0 Å². The summed E-state index contributed by atoms with van der Waals surface area (Å²) < 4.78 is 38.6. The van der Waals surface area contributed by atoms with Gasteiger partial charge >= 0.3 is 0 Å². The minimum Gasteiger partial charge on any atom is -0.495 e. The Morgan fingerprint density at radius 1 is 1.19 bits per heavy atom. The Kier molecular flexibility index (Phi) is 6.15. The van der Waals surface area contributed by atoms with Crippen LogP contribution in [-0.2, 0) is 14.8 Å². The van der Waals surface area contributed by atoms with Gasteiger partial charge in [-0.05, 0) is 36.4 Å². The van der Waals surface area contributed by atoms with E-state index in [1.54, 1.807) is 24.3 Å². The van der Waals surface area contributed by atoms with Crippen molar-refractivity contribution in [2.24, 2.45) is 0 Å². The van der Waals surface area contributed by atoms with Crippen LogP contribution in [0.4, 0.5) is 5.69 Å². The lowest BCUT2D eigenvalue weighted by Crippen LogP contribution is -2.40. The van der Waals surface area contributed by atoms with Crippen molar-refractivity contribution < 1.29 is 22.7 Å². The molecule has 0 unspecified atom stereocenters. The molecule has 0 aliphatic carbocycles. The number of benzene rings is 2. The second-order valence-electron chi connectivity index (χ2n) is 5.85. The number of halogens is 1. The van der Waals surface area contributed by atoms with Crippen LogP contribution in [0.25, 0.3) is 0 Å². The fourth-order valence-electron chi connectivity index (χ4n) is 2.72. The van der Waals surface area contributed by atoms with E-state index in [9.17, 15) is 13.2 Å². The van der Waals surface area contributed by atoms with Gasteiger partial charge in [-0.25, -0.2) is 8.42 Å². The maximum atomic E-state index is 13.0. The summed E-state index contributed by atoms with van der Waals surface area (Å²) in [5.41, 5.74) is 0.824. The van der Waals surface area contributed by atoms with Gasteiger partial charge in [-0.15, -0.1) is 0 Å². The maximum absolute atomic E-state index is 13.0. The monoisotopic (exact) mass is 454 g/mol. The highest BCUT2D eigenvalue weighted by atomic mass is 79.9. The van der Waals surface area contributed by atoms with Gasteiger partial charge in [-0.3, -0.25) is 4.79 Å². The molecule has 1 aliphatic heterocycles. The molecule has 1 aliphatic rings. The quantitative estimate of drug-likeness (QED) is 0.750. The van der Waals surface area contributed by atoms with E-state index in [0.29, 0.717) is 24.5 Å². The highest BCUT2D eigenvalue weighted by Gasteiger charge is 2.29.